The molecule has 0 radical (unpaired) electrons. The highest BCUT2D eigenvalue weighted by molar-refractivity contribution is 5.76. The molecule has 3 atom stereocenters. The topological polar surface area (TPSA) is 40.5 Å². The first kappa shape index (κ1) is 16.1. The number of benzene rings is 1. The van der Waals surface area contributed by atoms with Gasteiger partial charge in [0.25, 0.3) is 0 Å². The van der Waals surface area contributed by atoms with Crippen molar-refractivity contribution in [3.8, 4) is 0 Å². The molecule has 0 aliphatic carbocycles. The maximum absolute atomic E-state index is 12.8. The number of hydrogen-bond donors (Lipinski definition) is 1. The van der Waals surface area contributed by atoms with Gasteiger partial charge in [0.1, 0.15) is 6.54 Å². The molecule has 2 aromatic rings. The van der Waals surface area contributed by atoms with Crippen LogP contribution >= 0.6 is 0 Å². The number of nitrogens with zero attached hydrogens (tertiary/aromatic N) is 3. The highest BCUT2D eigenvalue weighted by atomic mass is 16.2. The molecule has 0 spiro atoms. The Kier molecular flexibility index (Phi) is 3.87. The molecule has 3 unspecified atom stereocenters. The van der Waals surface area contributed by atoms with Gasteiger partial charge in [-0.3, -0.25) is 4.79 Å². The summed E-state index contributed by atoms with van der Waals surface area (Å²) in [7, 11) is 0. The van der Waals surface area contributed by atoms with Crippen molar-refractivity contribution in [2.45, 2.75) is 18.0 Å². The van der Waals surface area contributed by atoms with Crippen molar-refractivity contribution in [3.63, 3.8) is 0 Å². The van der Waals surface area contributed by atoms with Gasteiger partial charge in [-0.1, -0.05) is 30.3 Å². The number of carbonyl (C=O) groups excluding carboxylic acids is 1. The fraction of sp³-hybridized carbons (Fsp3) is 0.476. The third-order valence-electron chi connectivity index (χ3n) is 6.45. The van der Waals surface area contributed by atoms with E-state index in [-0.39, 0.29) is 17.4 Å². The van der Waals surface area contributed by atoms with Crippen molar-refractivity contribution in [1.82, 2.24) is 19.7 Å². The van der Waals surface area contributed by atoms with Crippen molar-refractivity contribution < 1.29 is 4.79 Å². The lowest BCUT2D eigenvalue weighted by molar-refractivity contribution is -0.125. The Balaban J connectivity index is 1.47. The van der Waals surface area contributed by atoms with E-state index >= 15 is 0 Å². The summed E-state index contributed by atoms with van der Waals surface area (Å²) < 4.78 is 1.94. The minimum absolute atomic E-state index is 0.00866. The van der Waals surface area contributed by atoms with Crippen LogP contribution in [-0.2, 0) is 16.8 Å². The molecule has 26 heavy (non-hydrogen) atoms. The maximum Gasteiger partial charge on any atom is 0.240 e. The van der Waals surface area contributed by atoms with Crippen LogP contribution in [0.5, 0.6) is 0 Å². The van der Waals surface area contributed by atoms with Crippen molar-refractivity contribution in [2.24, 2.45) is 5.92 Å². The van der Waals surface area contributed by atoms with E-state index in [1.165, 1.54) is 5.56 Å². The normalized spacial score (nSPS) is 35.2. The number of carbonyl (C=O) groups is 1. The van der Waals surface area contributed by atoms with Crippen LogP contribution in [0.15, 0.2) is 54.9 Å². The largest absolute Gasteiger partial charge is 0.350 e. The van der Waals surface area contributed by atoms with Crippen molar-refractivity contribution in [2.75, 3.05) is 39.3 Å². The van der Waals surface area contributed by atoms with Gasteiger partial charge in [-0.15, -0.1) is 0 Å². The van der Waals surface area contributed by atoms with E-state index in [2.05, 4.69) is 45.4 Å². The van der Waals surface area contributed by atoms with E-state index in [9.17, 15) is 4.79 Å². The Bertz CT molecular complexity index is 757. The Hall–Kier alpha value is -2.11. The first-order valence-corrected chi connectivity index (χ1v) is 9.63. The zero-order valence-electron chi connectivity index (χ0n) is 15.1. The van der Waals surface area contributed by atoms with E-state index in [0.717, 1.165) is 39.3 Å². The number of aromatic nitrogens is 1. The average molecular weight is 350 g/mol. The first-order chi connectivity index (χ1) is 12.7. The number of hydrogen-bond acceptors (Lipinski definition) is 3. The number of fused-ring (bicyclic) bond motifs is 1. The van der Waals surface area contributed by atoms with Gasteiger partial charge in [0.05, 0.1) is 0 Å². The van der Waals surface area contributed by atoms with Crippen LogP contribution < -0.4 is 5.32 Å². The van der Waals surface area contributed by atoms with Gasteiger partial charge in [0.2, 0.25) is 5.91 Å². The summed E-state index contributed by atoms with van der Waals surface area (Å²) in [5.74, 6) is 0.617. The minimum Gasteiger partial charge on any atom is -0.350 e. The zero-order valence-corrected chi connectivity index (χ0v) is 15.1. The fourth-order valence-electron chi connectivity index (χ4n) is 5.43. The molecule has 5 heteroatoms. The molecule has 136 valence electrons. The third kappa shape index (κ3) is 2.66. The average Bonchev–Trinajstić information content (AvgIpc) is 3.02. The molecular formula is C21H26N4O. The number of rotatable bonds is 4. The van der Waals surface area contributed by atoms with Crippen LogP contribution in [0.25, 0.3) is 0 Å². The molecule has 4 bridgehead atoms. The molecule has 4 aliphatic heterocycles. The van der Waals surface area contributed by atoms with Crippen molar-refractivity contribution in [3.05, 3.63) is 60.4 Å². The molecule has 0 saturated carbocycles. The standard InChI is InChI=1S/C21H26N4O/c26-19(14-23-8-4-5-9-23)22-20-17-12-24-10-11-25(13-17)16-21(20,15-24)18-6-2-1-3-7-18/h1-9,17,20H,10-16H2,(H,22,26). The second kappa shape index (κ2) is 6.25. The van der Waals surface area contributed by atoms with E-state index in [1.807, 2.05) is 29.1 Å². The lowest BCUT2D eigenvalue weighted by Gasteiger charge is -2.55. The van der Waals surface area contributed by atoms with Gasteiger partial charge >= 0.3 is 0 Å². The van der Waals surface area contributed by atoms with E-state index in [1.54, 1.807) is 0 Å². The number of piperidine rings is 2. The Labute approximate surface area is 154 Å². The molecule has 6 rings (SSSR count). The van der Waals surface area contributed by atoms with Crippen molar-refractivity contribution in [1.29, 1.82) is 0 Å². The van der Waals surface area contributed by atoms with E-state index < -0.39 is 0 Å². The fourth-order valence-corrected chi connectivity index (χ4v) is 5.43. The molecule has 4 saturated heterocycles. The van der Waals surface area contributed by atoms with Crippen LogP contribution in [0, 0.1) is 5.92 Å². The van der Waals surface area contributed by atoms with Crippen LogP contribution in [0.2, 0.25) is 0 Å². The molecule has 1 aromatic carbocycles. The summed E-state index contributed by atoms with van der Waals surface area (Å²) in [6.07, 6.45) is 3.90. The van der Waals surface area contributed by atoms with Crippen LogP contribution in [0.4, 0.5) is 0 Å². The predicted octanol–water partition coefficient (Wildman–Crippen LogP) is 1.17. The smallest absolute Gasteiger partial charge is 0.240 e. The van der Waals surface area contributed by atoms with Gasteiger partial charge < -0.3 is 19.7 Å². The van der Waals surface area contributed by atoms with E-state index in [4.69, 9.17) is 0 Å². The highest BCUT2D eigenvalue weighted by Gasteiger charge is 2.55. The molecule has 5 nitrogen and oxygen atoms in total. The lowest BCUT2D eigenvalue weighted by atomic mass is 9.64. The predicted molar refractivity (Wildman–Crippen MR) is 101 cm³/mol. The van der Waals surface area contributed by atoms with Crippen molar-refractivity contribution >= 4 is 5.91 Å². The quantitative estimate of drug-likeness (QED) is 0.900. The summed E-state index contributed by atoms with van der Waals surface area (Å²) in [6, 6.07) is 15.0. The molecule has 1 aromatic heterocycles. The number of amides is 1. The van der Waals surface area contributed by atoms with Crippen LogP contribution in [-0.4, -0.2) is 65.6 Å². The molecule has 5 heterocycles. The summed E-state index contributed by atoms with van der Waals surface area (Å²) in [5.41, 5.74) is 1.36. The molecule has 1 N–H and O–H groups in total. The lowest BCUT2D eigenvalue weighted by Crippen LogP contribution is -2.70. The third-order valence-corrected chi connectivity index (χ3v) is 6.45. The summed E-state index contributed by atoms with van der Waals surface area (Å²) >= 11 is 0. The highest BCUT2D eigenvalue weighted by Crippen LogP contribution is 2.43. The van der Waals surface area contributed by atoms with Gasteiger partial charge in [-0.05, 0) is 17.7 Å². The second-order valence-corrected chi connectivity index (χ2v) is 8.15. The Morgan fingerprint density at radius 3 is 2.31 bits per heavy atom. The summed E-state index contributed by atoms with van der Waals surface area (Å²) in [6.45, 7) is 6.97. The SMILES string of the molecule is O=C(Cn1cccc1)NC1C2CN3CCN(C2)CC1(c1ccccc1)C3. The second-order valence-electron chi connectivity index (χ2n) is 8.15. The van der Waals surface area contributed by atoms with Gasteiger partial charge in [-0.2, -0.15) is 0 Å². The Morgan fingerprint density at radius 1 is 1.00 bits per heavy atom. The first-order valence-electron chi connectivity index (χ1n) is 9.63. The van der Waals surface area contributed by atoms with Gasteiger partial charge in [0, 0.05) is 69.0 Å². The van der Waals surface area contributed by atoms with Gasteiger partial charge in [-0.25, -0.2) is 0 Å². The number of nitrogens with one attached hydrogen (secondary N) is 1. The van der Waals surface area contributed by atoms with Gasteiger partial charge in [0.15, 0.2) is 0 Å². The summed E-state index contributed by atoms with van der Waals surface area (Å²) in [4.78, 5) is 18.0. The van der Waals surface area contributed by atoms with E-state index in [0.29, 0.717) is 12.5 Å². The molecule has 1 amide bonds. The Morgan fingerprint density at radius 2 is 1.65 bits per heavy atom. The van der Waals surface area contributed by atoms with Crippen LogP contribution in [0.1, 0.15) is 5.56 Å². The van der Waals surface area contributed by atoms with Crippen LogP contribution in [0.3, 0.4) is 0 Å². The minimum atomic E-state index is -0.00866. The maximum atomic E-state index is 12.8. The molecule has 4 aliphatic rings. The zero-order chi connectivity index (χ0) is 17.6. The summed E-state index contributed by atoms with van der Waals surface area (Å²) in [5, 5.41) is 3.45. The monoisotopic (exact) mass is 350 g/mol. The molecular weight excluding hydrogens is 324 g/mol. The molecule has 4 fully saturated rings.